The number of thioether (sulfide) groups is 1. The summed E-state index contributed by atoms with van der Waals surface area (Å²) in [5.74, 6) is -0.0183. The van der Waals surface area contributed by atoms with Crippen LogP contribution in [0.1, 0.15) is 49.4 Å². The van der Waals surface area contributed by atoms with Crippen molar-refractivity contribution >= 4 is 57.3 Å². The Kier molecular flexibility index (Phi) is 10.0. The van der Waals surface area contributed by atoms with Crippen molar-refractivity contribution < 1.29 is 24.2 Å². The lowest BCUT2D eigenvalue weighted by Crippen LogP contribution is -2.29. The monoisotopic (exact) mass is 635 g/mol. The maximum Gasteiger partial charge on any atom is 0.301 e. The van der Waals surface area contributed by atoms with Gasteiger partial charge in [-0.3, -0.25) is 14.5 Å². The Bertz CT molecular complexity index is 1620. The van der Waals surface area contributed by atoms with E-state index in [1.165, 1.54) is 28.0 Å². The smallest absolute Gasteiger partial charge is 0.301 e. The minimum absolute atomic E-state index is 0.0366. The lowest BCUT2D eigenvalue weighted by Gasteiger charge is -2.23. The van der Waals surface area contributed by atoms with E-state index in [0.29, 0.717) is 51.0 Å². The Morgan fingerprint density at radius 1 is 1.00 bits per heavy atom. The molecule has 1 aromatic heterocycles. The van der Waals surface area contributed by atoms with Gasteiger partial charge < -0.3 is 14.6 Å². The first-order chi connectivity index (χ1) is 20.9. The molecule has 1 amide bonds. The number of carbonyl (C=O) groups excluding carboxylic acids is 2. The Balaban J connectivity index is 1.52. The number of nitrogens with zero attached hydrogens (tertiary/aromatic N) is 3. The summed E-state index contributed by atoms with van der Waals surface area (Å²) in [5.41, 5.74) is 2.01. The van der Waals surface area contributed by atoms with Gasteiger partial charge in [-0.15, -0.1) is 10.2 Å². The first kappa shape index (κ1) is 30.6. The molecule has 0 radical (unpaired) electrons. The maximum atomic E-state index is 13.6. The second-order valence-corrected chi connectivity index (χ2v) is 12.3. The van der Waals surface area contributed by atoms with Crippen molar-refractivity contribution in [3.63, 3.8) is 0 Å². The van der Waals surface area contributed by atoms with Crippen molar-refractivity contribution in [2.24, 2.45) is 0 Å². The predicted octanol–water partition coefficient (Wildman–Crippen LogP) is 7.69. The van der Waals surface area contributed by atoms with Gasteiger partial charge >= 0.3 is 5.91 Å². The standard InChI is InChI=1S/C32H30ClN3O5S2/c1-3-5-17-41-25-8-6-7-22(18-25)27-26(28(37)21-11-15-24(16-12-21)40-4-2)29(38)30(39)36(27)31-34-35-32(43-31)42-19-20-9-13-23(33)14-10-20/h6-16,18,27,37H,3-5,17,19H2,1-2H3. The van der Waals surface area contributed by atoms with Crippen molar-refractivity contribution in [1.29, 1.82) is 0 Å². The van der Waals surface area contributed by atoms with Gasteiger partial charge in [-0.25, -0.2) is 0 Å². The minimum Gasteiger partial charge on any atom is -0.507 e. The number of ether oxygens (including phenoxy) is 2. The summed E-state index contributed by atoms with van der Waals surface area (Å²) >= 11 is 8.68. The van der Waals surface area contributed by atoms with E-state index in [-0.39, 0.29) is 16.5 Å². The number of anilines is 1. The Hall–Kier alpha value is -3.86. The fraction of sp³-hybridized carbons (Fsp3) is 0.250. The number of carbonyl (C=O) groups is 2. The average molecular weight is 636 g/mol. The first-order valence-electron chi connectivity index (χ1n) is 13.9. The number of unbranched alkanes of at least 4 members (excludes halogenated alkanes) is 1. The summed E-state index contributed by atoms with van der Waals surface area (Å²) in [6, 6.07) is 20.6. The number of benzene rings is 3. The van der Waals surface area contributed by atoms with E-state index in [9.17, 15) is 14.7 Å². The molecular weight excluding hydrogens is 606 g/mol. The first-order valence-corrected chi connectivity index (χ1v) is 16.0. The molecule has 222 valence electrons. The van der Waals surface area contributed by atoms with Gasteiger partial charge in [-0.2, -0.15) is 0 Å². The highest BCUT2D eigenvalue weighted by atomic mass is 35.5. The Labute approximate surface area is 263 Å². The predicted molar refractivity (Wildman–Crippen MR) is 170 cm³/mol. The van der Waals surface area contributed by atoms with Crippen LogP contribution in [0.5, 0.6) is 11.5 Å². The molecule has 1 aliphatic heterocycles. The van der Waals surface area contributed by atoms with Crippen LogP contribution in [0.25, 0.3) is 5.76 Å². The van der Waals surface area contributed by atoms with Crippen molar-refractivity contribution in [3.8, 4) is 11.5 Å². The van der Waals surface area contributed by atoms with Crippen LogP contribution in [0.15, 0.2) is 82.7 Å². The molecular formula is C32H30ClN3O5S2. The summed E-state index contributed by atoms with van der Waals surface area (Å²) in [6.45, 7) is 4.99. The van der Waals surface area contributed by atoms with Crippen LogP contribution in [0.4, 0.5) is 5.13 Å². The Morgan fingerprint density at radius 2 is 1.77 bits per heavy atom. The third-order valence-corrected chi connectivity index (χ3v) is 9.08. The van der Waals surface area contributed by atoms with Gasteiger partial charge in [0.15, 0.2) is 4.34 Å². The van der Waals surface area contributed by atoms with Crippen LogP contribution in [-0.4, -0.2) is 40.2 Å². The fourth-order valence-electron chi connectivity index (χ4n) is 4.57. The second kappa shape index (κ2) is 14.1. The number of aromatic nitrogens is 2. The third kappa shape index (κ3) is 7.04. The molecule has 1 unspecified atom stereocenters. The van der Waals surface area contributed by atoms with E-state index >= 15 is 0 Å². The van der Waals surface area contributed by atoms with E-state index in [0.717, 1.165) is 18.4 Å². The molecule has 0 bridgehead atoms. The number of rotatable bonds is 12. The van der Waals surface area contributed by atoms with Gasteiger partial charge in [0.25, 0.3) is 5.78 Å². The number of ketones is 1. The van der Waals surface area contributed by atoms with Gasteiger partial charge in [-0.1, -0.05) is 72.3 Å². The zero-order valence-electron chi connectivity index (χ0n) is 23.7. The number of hydrogen-bond acceptors (Lipinski definition) is 9. The van der Waals surface area contributed by atoms with Crippen LogP contribution in [0.2, 0.25) is 5.02 Å². The molecule has 0 spiro atoms. The highest BCUT2D eigenvalue weighted by Gasteiger charge is 2.48. The molecule has 2 heterocycles. The fourth-order valence-corrected chi connectivity index (χ4v) is 6.52. The topological polar surface area (TPSA) is 102 Å². The summed E-state index contributed by atoms with van der Waals surface area (Å²) in [7, 11) is 0. The van der Waals surface area contributed by atoms with Gasteiger partial charge in [0.2, 0.25) is 5.13 Å². The lowest BCUT2D eigenvalue weighted by atomic mass is 9.95. The zero-order chi connectivity index (χ0) is 30.3. The van der Waals surface area contributed by atoms with Gasteiger partial charge in [0.1, 0.15) is 17.3 Å². The van der Waals surface area contributed by atoms with Crippen LogP contribution in [0.3, 0.4) is 0 Å². The summed E-state index contributed by atoms with van der Waals surface area (Å²) < 4.78 is 12.1. The number of aliphatic hydroxyl groups excluding tert-OH is 1. The third-order valence-electron chi connectivity index (χ3n) is 6.70. The molecule has 1 atom stereocenters. The molecule has 11 heteroatoms. The molecule has 1 aliphatic rings. The number of amides is 1. The van der Waals surface area contributed by atoms with Crippen molar-refractivity contribution in [2.75, 3.05) is 18.1 Å². The van der Waals surface area contributed by atoms with E-state index in [4.69, 9.17) is 21.1 Å². The molecule has 8 nitrogen and oxygen atoms in total. The summed E-state index contributed by atoms with van der Waals surface area (Å²) in [5, 5.41) is 21.0. The summed E-state index contributed by atoms with van der Waals surface area (Å²) in [6.07, 6.45) is 1.87. The van der Waals surface area contributed by atoms with Crippen LogP contribution >= 0.6 is 34.7 Å². The molecule has 1 saturated heterocycles. The highest BCUT2D eigenvalue weighted by molar-refractivity contribution is 8.00. The van der Waals surface area contributed by atoms with E-state index < -0.39 is 17.7 Å². The average Bonchev–Trinajstić information content (AvgIpc) is 3.59. The zero-order valence-corrected chi connectivity index (χ0v) is 26.0. The van der Waals surface area contributed by atoms with E-state index in [1.807, 2.05) is 37.3 Å². The Morgan fingerprint density at radius 3 is 2.49 bits per heavy atom. The van der Waals surface area contributed by atoms with Crippen molar-refractivity contribution in [1.82, 2.24) is 10.2 Å². The maximum absolute atomic E-state index is 13.6. The molecule has 3 aromatic carbocycles. The SMILES string of the molecule is CCCCOc1cccc(C2C(=C(O)c3ccc(OCC)cc3)C(=O)C(=O)N2c2nnc(SCc3ccc(Cl)cc3)s2)c1. The quantitative estimate of drug-likeness (QED) is 0.0422. The number of aliphatic hydroxyl groups is 1. The molecule has 0 saturated carbocycles. The van der Waals surface area contributed by atoms with Crippen LogP contribution < -0.4 is 14.4 Å². The van der Waals surface area contributed by atoms with Crippen molar-refractivity contribution in [3.05, 3.63) is 100 Å². The number of halogens is 1. The summed E-state index contributed by atoms with van der Waals surface area (Å²) in [4.78, 5) is 28.5. The van der Waals surface area contributed by atoms with E-state index in [2.05, 4.69) is 17.1 Å². The second-order valence-electron chi connectivity index (χ2n) is 9.67. The normalized spacial score (nSPS) is 16.1. The molecule has 1 fully saturated rings. The van der Waals surface area contributed by atoms with Crippen LogP contribution in [0, 0.1) is 0 Å². The molecule has 0 aliphatic carbocycles. The number of Topliss-reactive ketones (excluding diaryl/α,β-unsaturated/α-hetero) is 1. The van der Waals surface area contributed by atoms with Crippen LogP contribution in [-0.2, 0) is 15.3 Å². The molecule has 1 N–H and O–H groups in total. The largest absolute Gasteiger partial charge is 0.507 e. The molecule has 4 aromatic rings. The van der Waals surface area contributed by atoms with E-state index in [1.54, 1.807) is 42.5 Å². The number of hydrogen-bond donors (Lipinski definition) is 1. The lowest BCUT2D eigenvalue weighted by molar-refractivity contribution is -0.132. The highest BCUT2D eigenvalue weighted by Crippen LogP contribution is 2.44. The van der Waals surface area contributed by atoms with Gasteiger partial charge in [0.05, 0.1) is 24.8 Å². The molecule has 5 rings (SSSR count). The van der Waals surface area contributed by atoms with Crippen molar-refractivity contribution in [2.45, 2.75) is 42.8 Å². The minimum atomic E-state index is -0.941. The van der Waals surface area contributed by atoms with Gasteiger partial charge in [0, 0.05) is 16.3 Å². The van der Waals surface area contributed by atoms with Gasteiger partial charge in [-0.05, 0) is 73.0 Å². The molecule has 43 heavy (non-hydrogen) atoms.